The number of ether oxygens (including phenoxy) is 1. The number of rotatable bonds is 3. The van der Waals surface area contributed by atoms with Crippen LogP contribution < -0.4 is 15.4 Å². The largest absolute Gasteiger partial charge is 0.493 e. The number of piperidine rings is 1. The van der Waals surface area contributed by atoms with Crippen LogP contribution in [0.2, 0.25) is 0 Å². The molecule has 5 nitrogen and oxygen atoms in total. The maximum Gasteiger partial charge on any atom is 0.251 e. The van der Waals surface area contributed by atoms with Crippen LogP contribution in [-0.4, -0.2) is 30.6 Å². The maximum absolute atomic E-state index is 12.9. The number of amides is 1. The van der Waals surface area contributed by atoms with Crippen molar-refractivity contribution in [2.45, 2.75) is 31.2 Å². The number of para-hydroxylation sites is 1. The molecule has 144 valence electrons. The van der Waals surface area contributed by atoms with Crippen molar-refractivity contribution in [1.82, 2.24) is 15.6 Å². The van der Waals surface area contributed by atoms with E-state index in [1.165, 1.54) is 5.01 Å². The van der Waals surface area contributed by atoms with E-state index in [1.807, 2.05) is 42.5 Å². The minimum atomic E-state index is -0.0413. The van der Waals surface area contributed by atoms with Crippen LogP contribution in [0.25, 0.3) is 10.2 Å². The fraction of sp³-hybridized carbons (Fsp3) is 0.364. The van der Waals surface area contributed by atoms with Crippen LogP contribution in [0.3, 0.4) is 0 Å². The van der Waals surface area contributed by atoms with E-state index >= 15 is 0 Å². The van der Waals surface area contributed by atoms with Gasteiger partial charge < -0.3 is 15.4 Å². The van der Waals surface area contributed by atoms with E-state index < -0.39 is 0 Å². The summed E-state index contributed by atoms with van der Waals surface area (Å²) in [5.74, 6) is 1.36. The number of benzene rings is 2. The Balaban J connectivity index is 1.36. The average Bonchev–Trinajstić information content (AvgIpc) is 3.18. The lowest BCUT2D eigenvalue weighted by molar-refractivity contribution is 0.0925. The van der Waals surface area contributed by atoms with Crippen molar-refractivity contribution in [2.75, 3.05) is 19.7 Å². The molecule has 0 spiro atoms. The number of thiazole rings is 1. The van der Waals surface area contributed by atoms with Crippen LogP contribution in [0.15, 0.2) is 42.5 Å². The first-order valence-electron chi connectivity index (χ1n) is 9.92. The summed E-state index contributed by atoms with van der Waals surface area (Å²) in [5, 5.41) is 7.79. The van der Waals surface area contributed by atoms with Crippen LogP contribution in [0.4, 0.5) is 0 Å². The Bertz CT molecular complexity index is 1010. The lowest BCUT2D eigenvalue weighted by Gasteiger charge is -2.26. The quantitative estimate of drug-likeness (QED) is 0.706. The number of carbonyl (C=O) groups is 1. The number of aromatic nitrogens is 1. The molecule has 1 saturated heterocycles. The third kappa shape index (κ3) is 3.38. The van der Waals surface area contributed by atoms with Gasteiger partial charge in [-0.25, -0.2) is 4.98 Å². The molecule has 3 heterocycles. The molecule has 2 N–H and O–H groups in total. The summed E-state index contributed by atoms with van der Waals surface area (Å²) in [6, 6.07) is 13.8. The van der Waals surface area contributed by atoms with Gasteiger partial charge in [-0.05, 0) is 50.2 Å². The lowest BCUT2D eigenvalue weighted by atomic mass is 9.99. The first kappa shape index (κ1) is 17.6. The molecule has 6 heteroatoms. The molecule has 1 atom stereocenters. The second-order valence-electron chi connectivity index (χ2n) is 7.46. The van der Waals surface area contributed by atoms with Gasteiger partial charge in [0, 0.05) is 23.5 Å². The van der Waals surface area contributed by atoms with Crippen LogP contribution in [0.1, 0.15) is 52.2 Å². The second kappa shape index (κ2) is 7.53. The predicted molar refractivity (Wildman–Crippen MR) is 111 cm³/mol. The zero-order valence-corrected chi connectivity index (χ0v) is 16.4. The van der Waals surface area contributed by atoms with Gasteiger partial charge >= 0.3 is 0 Å². The molecular formula is C22H23N3O2S. The molecule has 0 aliphatic carbocycles. The molecule has 5 rings (SSSR count). The fourth-order valence-electron chi connectivity index (χ4n) is 4.06. The first-order chi connectivity index (χ1) is 13.8. The SMILES string of the molecule is O=C(N[C@H]1CCOc2ccccc21)c1ccc2nc(C3CCNCC3)sc2c1. The van der Waals surface area contributed by atoms with Gasteiger partial charge in [0.25, 0.3) is 5.91 Å². The molecule has 2 aliphatic rings. The van der Waals surface area contributed by atoms with E-state index in [-0.39, 0.29) is 11.9 Å². The third-order valence-corrected chi connectivity index (χ3v) is 6.80. The van der Waals surface area contributed by atoms with Gasteiger partial charge in [-0.2, -0.15) is 0 Å². The highest BCUT2D eigenvalue weighted by Gasteiger charge is 2.24. The first-order valence-corrected chi connectivity index (χ1v) is 10.7. The van der Waals surface area contributed by atoms with Crippen LogP contribution in [0, 0.1) is 0 Å². The third-order valence-electron chi connectivity index (χ3n) is 5.62. The molecule has 28 heavy (non-hydrogen) atoms. The van der Waals surface area contributed by atoms with Crippen molar-refractivity contribution >= 4 is 27.5 Å². The molecule has 3 aromatic rings. The smallest absolute Gasteiger partial charge is 0.251 e. The van der Waals surface area contributed by atoms with Gasteiger partial charge in [-0.1, -0.05) is 18.2 Å². The average molecular weight is 394 g/mol. The van der Waals surface area contributed by atoms with Gasteiger partial charge in [0.1, 0.15) is 5.75 Å². The molecule has 2 aromatic carbocycles. The molecule has 1 fully saturated rings. The number of hydrogen-bond donors (Lipinski definition) is 2. The van der Waals surface area contributed by atoms with E-state index in [0.717, 1.165) is 53.9 Å². The van der Waals surface area contributed by atoms with Gasteiger partial charge in [0.05, 0.1) is 27.9 Å². The highest BCUT2D eigenvalue weighted by atomic mass is 32.1. The maximum atomic E-state index is 12.9. The number of fused-ring (bicyclic) bond motifs is 2. The summed E-state index contributed by atoms with van der Waals surface area (Å²) >= 11 is 1.73. The summed E-state index contributed by atoms with van der Waals surface area (Å²) < 4.78 is 6.79. The zero-order valence-electron chi connectivity index (χ0n) is 15.6. The van der Waals surface area contributed by atoms with Crippen molar-refractivity contribution in [3.8, 4) is 5.75 Å². The minimum absolute atomic E-state index is 0.0140. The summed E-state index contributed by atoms with van der Waals surface area (Å²) in [6.45, 7) is 2.73. The molecule has 1 amide bonds. The topological polar surface area (TPSA) is 63.2 Å². The summed E-state index contributed by atoms with van der Waals surface area (Å²) in [6.07, 6.45) is 3.05. The predicted octanol–water partition coefficient (Wildman–Crippen LogP) is 4.02. The van der Waals surface area contributed by atoms with E-state index in [9.17, 15) is 4.79 Å². The number of nitrogens with zero attached hydrogens (tertiary/aromatic N) is 1. The Morgan fingerprint density at radius 1 is 1.14 bits per heavy atom. The van der Waals surface area contributed by atoms with Crippen molar-refractivity contribution in [1.29, 1.82) is 0 Å². The molecule has 0 unspecified atom stereocenters. The molecule has 1 aromatic heterocycles. The Morgan fingerprint density at radius 2 is 2.00 bits per heavy atom. The molecule has 0 radical (unpaired) electrons. The summed E-state index contributed by atoms with van der Waals surface area (Å²) in [7, 11) is 0. The van der Waals surface area contributed by atoms with Gasteiger partial charge in [-0.15, -0.1) is 11.3 Å². The van der Waals surface area contributed by atoms with E-state index in [0.29, 0.717) is 18.1 Å². The Kier molecular flexibility index (Phi) is 4.74. The van der Waals surface area contributed by atoms with E-state index in [4.69, 9.17) is 9.72 Å². The van der Waals surface area contributed by atoms with Crippen LogP contribution in [0.5, 0.6) is 5.75 Å². The van der Waals surface area contributed by atoms with E-state index in [2.05, 4.69) is 10.6 Å². The monoisotopic (exact) mass is 393 g/mol. The Hall–Kier alpha value is -2.44. The highest BCUT2D eigenvalue weighted by molar-refractivity contribution is 7.18. The molecule has 0 saturated carbocycles. The van der Waals surface area contributed by atoms with Crippen LogP contribution in [-0.2, 0) is 0 Å². The standard InChI is InChI=1S/C22H23N3O2S/c26-21(24-17-9-12-27-19-4-2-1-3-16(17)19)15-5-6-18-20(13-15)28-22(25-18)14-7-10-23-11-8-14/h1-6,13-14,17,23H,7-12H2,(H,24,26)/t17-/m0/s1. The summed E-state index contributed by atoms with van der Waals surface area (Å²) in [4.78, 5) is 17.7. The van der Waals surface area contributed by atoms with Gasteiger partial charge in [-0.3, -0.25) is 4.79 Å². The van der Waals surface area contributed by atoms with Crippen LogP contribution >= 0.6 is 11.3 Å². The van der Waals surface area contributed by atoms with Crippen molar-refractivity contribution in [3.63, 3.8) is 0 Å². The highest BCUT2D eigenvalue weighted by Crippen LogP contribution is 2.34. The van der Waals surface area contributed by atoms with Gasteiger partial charge in [0.15, 0.2) is 0 Å². The summed E-state index contributed by atoms with van der Waals surface area (Å²) in [5.41, 5.74) is 2.73. The molecule has 0 bridgehead atoms. The van der Waals surface area contributed by atoms with Crippen molar-refractivity contribution < 1.29 is 9.53 Å². The minimum Gasteiger partial charge on any atom is -0.493 e. The number of carbonyl (C=O) groups excluding carboxylic acids is 1. The molecule has 2 aliphatic heterocycles. The number of nitrogens with one attached hydrogen (secondary N) is 2. The normalized spacial score (nSPS) is 19.8. The second-order valence-corrected chi connectivity index (χ2v) is 8.52. The van der Waals surface area contributed by atoms with Crippen molar-refractivity contribution in [2.24, 2.45) is 0 Å². The number of hydrogen-bond acceptors (Lipinski definition) is 5. The Labute approximate surface area is 168 Å². The molecular weight excluding hydrogens is 370 g/mol. The lowest BCUT2D eigenvalue weighted by Crippen LogP contribution is -2.32. The Morgan fingerprint density at radius 3 is 2.89 bits per heavy atom. The van der Waals surface area contributed by atoms with Crippen molar-refractivity contribution in [3.05, 3.63) is 58.6 Å². The van der Waals surface area contributed by atoms with E-state index in [1.54, 1.807) is 11.3 Å². The fourth-order valence-corrected chi connectivity index (χ4v) is 5.24. The zero-order chi connectivity index (χ0) is 18.9. The van der Waals surface area contributed by atoms with Gasteiger partial charge in [0.2, 0.25) is 0 Å².